The molecule has 1 fully saturated rings. The van der Waals surface area contributed by atoms with Crippen molar-refractivity contribution in [1.82, 2.24) is 10.2 Å². The summed E-state index contributed by atoms with van der Waals surface area (Å²) in [7, 11) is 0. The van der Waals surface area contributed by atoms with Crippen molar-refractivity contribution in [3.63, 3.8) is 0 Å². The van der Waals surface area contributed by atoms with Gasteiger partial charge in [-0.1, -0.05) is 0 Å². The molecule has 0 saturated heterocycles. The molecule has 1 atom stereocenters. The lowest BCUT2D eigenvalue weighted by atomic mass is 10.2. The van der Waals surface area contributed by atoms with Gasteiger partial charge in [0, 0.05) is 30.6 Å². The topological polar surface area (TPSA) is 41.6 Å². The molecule has 1 unspecified atom stereocenters. The van der Waals surface area contributed by atoms with Gasteiger partial charge in [0.1, 0.15) is 5.60 Å². The highest BCUT2D eigenvalue weighted by Gasteiger charge is 2.34. The summed E-state index contributed by atoms with van der Waals surface area (Å²) in [4.78, 5) is 14.7. The van der Waals surface area contributed by atoms with Crippen molar-refractivity contribution in [1.29, 1.82) is 0 Å². The predicted octanol–water partition coefficient (Wildman–Crippen LogP) is 4.70. The molecule has 130 valence electrons. The van der Waals surface area contributed by atoms with Crippen molar-refractivity contribution >= 4 is 33.4 Å². The Morgan fingerprint density at radius 2 is 2.22 bits per heavy atom. The maximum atomic E-state index is 14.1. The predicted molar refractivity (Wildman–Crippen MR) is 94.4 cm³/mol. The van der Waals surface area contributed by atoms with E-state index in [2.05, 4.69) is 26.1 Å². The van der Waals surface area contributed by atoms with Gasteiger partial charge in [0.25, 0.3) is 0 Å². The number of nitrogens with zero attached hydrogens (tertiary/aromatic N) is 1. The number of nitrogens with one attached hydrogen (secondary N) is 1. The number of hydrogen-bond donors (Lipinski definition) is 1. The van der Waals surface area contributed by atoms with Crippen molar-refractivity contribution in [2.45, 2.75) is 58.2 Å². The lowest BCUT2D eigenvalue weighted by Gasteiger charge is -2.29. The number of hydrogen-bond acceptors (Lipinski definition) is 4. The average molecular weight is 407 g/mol. The smallest absolute Gasteiger partial charge is 0.407 e. The number of thiophene rings is 1. The molecule has 1 heterocycles. The Morgan fingerprint density at radius 1 is 1.57 bits per heavy atom. The highest BCUT2D eigenvalue weighted by Crippen LogP contribution is 2.38. The Balaban J connectivity index is 1.90. The van der Waals surface area contributed by atoms with E-state index in [-0.39, 0.29) is 11.9 Å². The average Bonchev–Trinajstić information content (AvgIpc) is 3.20. The normalized spacial score (nSPS) is 16.5. The Hall–Kier alpha value is -0.660. The molecule has 1 amide bonds. The summed E-state index contributed by atoms with van der Waals surface area (Å²) >= 11 is 4.66. The van der Waals surface area contributed by atoms with Crippen LogP contribution in [0.3, 0.4) is 0 Å². The highest BCUT2D eigenvalue weighted by molar-refractivity contribution is 9.10. The van der Waals surface area contributed by atoms with Gasteiger partial charge in [-0.3, -0.25) is 4.90 Å². The minimum atomic E-state index is -0.500. The van der Waals surface area contributed by atoms with E-state index in [0.29, 0.717) is 23.6 Å². The van der Waals surface area contributed by atoms with Crippen LogP contribution in [0.2, 0.25) is 0 Å². The summed E-state index contributed by atoms with van der Waals surface area (Å²) in [6, 6.07) is 0.477. The second-order valence-corrected chi connectivity index (χ2v) is 8.60. The van der Waals surface area contributed by atoms with Gasteiger partial charge < -0.3 is 10.1 Å². The monoisotopic (exact) mass is 406 g/mol. The van der Waals surface area contributed by atoms with Crippen molar-refractivity contribution in [3.8, 4) is 0 Å². The van der Waals surface area contributed by atoms with E-state index < -0.39 is 11.7 Å². The third-order valence-electron chi connectivity index (χ3n) is 3.65. The van der Waals surface area contributed by atoms with Crippen molar-refractivity contribution in [2.24, 2.45) is 0 Å². The van der Waals surface area contributed by atoms with Crippen LogP contribution in [0.25, 0.3) is 0 Å². The number of carbonyl (C=O) groups excluding carboxylic acids is 1. The minimum absolute atomic E-state index is 0.000707. The van der Waals surface area contributed by atoms with Crippen molar-refractivity contribution in [2.75, 3.05) is 13.1 Å². The summed E-state index contributed by atoms with van der Waals surface area (Å²) in [6.45, 7) is 8.70. The fourth-order valence-corrected chi connectivity index (χ4v) is 3.97. The summed E-state index contributed by atoms with van der Waals surface area (Å²) in [5, 5.41) is 4.56. The van der Waals surface area contributed by atoms with E-state index in [4.69, 9.17) is 4.74 Å². The van der Waals surface area contributed by atoms with Crippen molar-refractivity contribution in [3.05, 3.63) is 20.5 Å². The largest absolute Gasteiger partial charge is 0.444 e. The van der Waals surface area contributed by atoms with Gasteiger partial charge in [-0.05, 0) is 56.5 Å². The molecule has 1 saturated carbocycles. The molecule has 0 aromatic carbocycles. The summed E-state index contributed by atoms with van der Waals surface area (Å²) in [5.41, 5.74) is -0.500. The molecule has 1 aliphatic carbocycles. The van der Waals surface area contributed by atoms with E-state index in [1.54, 1.807) is 5.38 Å². The van der Waals surface area contributed by atoms with Gasteiger partial charge in [-0.15, -0.1) is 11.3 Å². The zero-order chi connectivity index (χ0) is 17.2. The third-order valence-corrected chi connectivity index (χ3v) is 5.65. The first-order chi connectivity index (χ1) is 10.7. The minimum Gasteiger partial charge on any atom is -0.444 e. The molecule has 1 aromatic rings. The SMILES string of the molecule is CC(c1scc(Br)c1F)N(CCNC(=O)OC(C)(C)C)C1CC1. The van der Waals surface area contributed by atoms with E-state index >= 15 is 0 Å². The number of halogens is 2. The molecule has 23 heavy (non-hydrogen) atoms. The number of rotatable bonds is 6. The van der Waals surface area contributed by atoms with Gasteiger partial charge in [0.05, 0.1) is 9.35 Å². The third kappa shape index (κ3) is 5.43. The second kappa shape index (κ2) is 7.49. The lowest BCUT2D eigenvalue weighted by molar-refractivity contribution is 0.0517. The molecule has 7 heteroatoms. The quantitative estimate of drug-likeness (QED) is 0.743. The van der Waals surface area contributed by atoms with Crippen LogP contribution >= 0.6 is 27.3 Å². The number of amides is 1. The second-order valence-electron chi connectivity index (χ2n) is 6.84. The summed E-state index contributed by atoms with van der Waals surface area (Å²) < 4.78 is 19.9. The first kappa shape index (κ1) is 18.7. The van der Waals surface area contributed by atoms with E-state index in [9.17, 15) is 9.18 Å². The van der Waals surface area contributed by atoms with Crippen LogP contribution in [0, 0.1) is 5.82 Å². The lowest BCUT2D eigenvalue weighted by Crippen LogP contribution is -2.39. The summed E-state index contributed by atoms with van der Waals surface area (Å²) in [6.07, 6.45) is 1.85. The standard InChI is InChI=1S/C16H24BrFN2O2S/c1-10(14-13(18)12(17)9-23-14)20(11-5-6-11)8-7-19-15(21)22-16(2,3)4/h9-11H,5-8H2,1-4H3,(H,19,21). The molecule has 0 bridgehead atoms. The van der Waals surface area contributed by atoms with Crippen LogP contribution in [0.1, 0.15) is 51.5 Å². The van der Waals surface area contributed by atoms with Gasteiger partial charge in [0.15, 0.2) is 5.82 Å². The van der Waals surface area contributed by atoms with E-state index in [0.717, 1.165) is 17.7 Å². The molecule has 2 rings (SSSR count). The highest BCUT2D eigenvalue weighted by atomic mass is 79.9. The Kier molecular flexibility index (Phi) is 6.08. The van der Waals surface area contributed by atoms with Crippen LogP contribution in [-0.2, 0) is 4.74 Å². The molecule has 0 spiro atoms. The van der Waals surface area contributed by atoms with E-state index in [1.165, 1.54) is 11.3 Å². The number of alkyl carbamates (subject to hydrolysis) is 1. The van der Waals surface area contributed by atoms with Crippen LogP contribution < -0.4 is 5.32 Å². The maximum Gasteiger partial charge on any atom is 0.407 e. The zero-order valence-corrected chi connectivity index (χ0v) is 16.4. The van der Waals surface area contributed by atoms with Gasteiger partial charge in [-0.25, -0.2) is 9.18 Å². The van der Waals surface area contributed by atoms with Crippen LogP contribution in [0.4, 0.5) is 9.18 Å². The summed E-state index contributed by atoms with van der Waals surface area (Å²) in [5.74, 6) is -0.173. The fourth-order valence-electron chi connectivity index (χ4n) is 2.47. The number of ether oxygens (including phenoxy) is 1. The first-order valence-electron chi connectivity index (χ1n) is 7.84. The molecule has 1 aliphatic rings. The fraction of sp³-hybridized carbons (Fsp3) is 0.688. The van der Waals surface area contributed by atoms with E-state index in [1.807, 2.05) is 27.7 Å². The molecule has 0 aliphatic heterocycles. The van der Waals surface area contributed by atoms with Crippen LogP contribution in [0.5, 0.6) is 0 Å². The van der Waals surface area contributed by atoms with Crippen LogP contribution in [0.15, 0.2) is 9.85 Å². The van der Waals surface area contributed by atoms with Crippen LogP contribution in [-0.4, -0.2) is 35.7 Å². The first-order valence-corrected chi connectivity index (χ1v) is 9.51. The number of carbonyl (C=O) groups is 1. The van der Waals surface area contributed by atoms with Crippen molar-refractivity contribution < 1.29 is 13.9 Å². The molecule has 4 nitrogen and oxygen atoms in total. The Bertz CT molecular complexity index is 555. The Morgan fingerprint density at radius 3 is 2.70 bits per heavy atom. The molecular weight excluding hydrogens is 383 g/mol. The Labute approximate surface area is 149 Å². The molecule has 1 N–H and O–H groups in total. The molecular formula is C16H24BrFN2O2S. The van der Waals surface area contributed by atoms with Gasteiger partial charge in [0.2, 0.25) is 0 Å². The van der Waals surface area contributed by atoms with Gasteiger partial charge in [-0.2, -0.15) is 0 Å². The van der Waals surface area contributed by atoms with Gasteiger partial charge >= 0.3 is 6.09 Å². The molecule has 0 radical (unpaired) electrons. The zero-order valence-electron chi connectivity index (χ0n) is 14.0. The molecule has 1 aromatic heterocycles. The maximum absolute atomic E-state index is 14.1.